The van der Waals surface area contributed by atoms with Crippen LogP contribution in [-0.2, 0) is 22.5 Å². The van der Waals surface area contributed by atoms with Crippen molar-refractivity contribution in [3.05, 3.63) is 39.9 Å². The van der Waals surface area contributed by atoms with E-state index >= 15 is 0 Å². The number of hydrogen-bond acceptors (Lipinski definition) is 5. The lowest BCUT2D eigenvalue weighted by atomic mass is 10.1. The summed E-state index contributed by atoms with van der Waals surface area (Å²) in [4.78, 5) is 41.1. The minimum atomic E-state index is -0.588. The number of hydrogen-bond donors (Lipinski definition) is 1. The molecular formula is C19H21N3O4. The molecule has 1 N–H and O–H groups in total. The van der Waals surface area contributed by atoms with Crippen LogP contribution in [-0.4, -0.2) is 34.1 Å². The van der Waals surface area contributed by atoms with Gasteiger partial charge in [-0.25, -0.2) is 9.78 Å². The van der Waals surface area contributed by atoms with Gasteiger partial charge in [0.15, 0.2) is 6.61 Å². The second-order valence-electron chi connectivity index (χ2n) is 6.95. The summed E-state index contributed by atoms with van der Waals surface area (Å²) in [5, 5.41) is 3.26. The van der Waals surface area contributed by atoms with E-state index in [0.717, 1.165) is 44.3 Å². The third kappa shape index (κ3) is 3.47. The fraction of sp³-hybridized carbons (Fsp3) is 0.474. The zero-order valence-corrected chi connectivity index (χ0v) is 14.5. The first-order chi connectivity index (χ1) is 12.6. The number of amides is 1. The summed E-state index contributed by atoms with van der Waals surface area (Å²) in [6.45, 7) is 0.394. The molecule has 0 spiro atoms. The van der Waals surface area contributed by atoms with Gasteiger partial charge < -0.3 is 10.1 Å². The second kappa shape index (κ2) is 6.90. The topological polar surface area (TPSA) is 90.3 Å². The molecule has 1 saturated carbocycles. The molecule has 0 unspecified atom stereocenters. The van der Waals surface area contributed by atoms with Crippen LogP contribution in [0.3, 0.4) is 0 Å². The number of carbonyl (C=O) groups excluding carboxylic acids is 2. The highest BCUT2D eigenvalue weighted by molar-refractivity contribution is 5.95. The maximum absolute atomic E-state index is 12.7. The average Bonchev–Trinajstić information content (AvgIpc) is 3.46. The van der Waals surface area contributed by atoms with E-state index in [2.05, 4.69) is 10.3 Å². The van der Waals surface area contributed by atoms with E-state index in [9.17, 15) is 14.4 Å². The second-order valence-corrected chi connectivity index (χ2v) is 6.95. The normalized spacial score (nSPS) is 16.6. The fourth-order valence-corrected chi connectivity index (χ4v) is 3.26. The molecule has 1 aliphatic carbocycles. The molecule has 2 aliphatic rings. The summed E-state index contributed by atoms with van der Waals surface area (Å²) in [5.74, 6) is -0.104. The van der Waals surface area contributed by atoms with Gasteiger partial charge in [-0.3, -0.25) is 14.2 Å². The van der Waals surface area contributed by atoms with Crippen molar-refractivity contribution in [2.75, 3.05) is 6.61 Å². The number of benzene rings is 1. The lowest BCUT2D eigenvalue weighted by molar-refractivity contribution is -0.124. The monoisotopic (exact) mass is 355 g/mol. The van der Waals surface area contributed by atoms with E-state index in [-0.39, 0.29) is 24.1 Å². The van der Waals surface area contributed by atoms with Gasteiger partial charge in [0.2, 0.25) is 0 Å². The maximum atomic E-state index is 12.7. The molecule has 0 radical (unpaired) electrons. The summed E-state index contributed by atoms with van der Waals surface area (Å²) in [6.07, 6.45) is 5.80. The molecule has 26 heavy (non-hydrogen) atoms. The molecule has 0 atom stereocenters. The Balaban J connectivity index is 1.55. The van der Waals surface area contributed by atoms with Gasteiger partial charge in [0.25, 0.3) is 11.5 Å². The molecule has 136 valence electrons. The van der Waals surface area contributed by atoms with Crippen LogP contribution in [0.2, 0.25) is 0 Å². The lowest BCUT2D eigenvalue weighted by Gasteiger charge is -2.11. The van der Waals surface area contributed by atoms with Crippen LogP contribution in [0.5, 0.6) is 0 Å². The predicted molar refractivity (Wildman–Crippen MR) is 95.0 cm³/mol. The Bertz CT molecular complexity index is 930. The van der Waals surface area contributed by atoms with Gasteiger partial charge in [0, 0.05) is 19.0 Å². The Morgan fingerprint density at radius 2 is 2.08 bits per heavy atom. The molecule has 0 saturated heterocycles. The summed E-state index contributed by atoms with van der Waals surface area (Å²) in [7, 11) is 0. The Labute approximate surface area is 150 Å². The van der Waals surface area contributed by atoms with Crippen molar-refractivity contribution < 1.29 is 14.3 Å². The quantitative estimate of drug-likeness (QED) is 0.841. The summed E-state index contributed by atoms with van der Waals surface area (Å²) >= 11 is 0. The Hall–Kier alpha value is -2.70. The first-order valence-electron chi connectivity index (χ1n) is 9.12. The third-order valence-corrected chi connectivity index (χ3v) is 4.83. The largest absolute Gasteiger partial charge is 0.452 e. The van der Waals surface area contributed by atoms with Gasteiger partial charge in [-0.2, -0.15) is 0 Å². The first kappa shape index (κ1) is 16.8. The van der Waals surface area contributed by atoms with Gasteiger partial charge >= 0.3 is 5.97 Å². The van der Waals surface area contributed by atoms with Crippen LogP contribution in [0, 0.1) is 0 Å². The zero-order valence-electron chi connectivity index (χ0n) is 14.5. The first-order valence-corrected chi connectivity index (χ1v) is 9.12. The average molecular weight is 355 g/mol. The number of esters is 1. The molecule has 2 aromatic rings. The Kier molecular flexibility index (Phi) is 4.44. The minimum absolute atomic E-state index is 0.0596. The number of nitrogens with one attached hydrogen (secondary N) is 1. The van der Waals surface area contributed by atoms with Gasteiger partial charge in [-0.15, -0.1) is 0 Å². The van der Waals surface area contributed by atoms with E-state index in [4.69, 9.17) is 4.74 Å². The van der Waals surface area contributed by atoms with Crippen molar-refractivity contribution >= 4 is 22.8 Å². The molecule has 0 bridgehead atoms. The molecule has 1 aromatic heterocycles. The minimum Gasteiger partial charge on any atom is -0.452 e. The van der Waals surface area contributed by atoms with E-state index < -0.39 is 5.97 Å². The molecule has 1 amide bonds. The number of rotatable bonds is 4. The van der Waals surface area contributed by atoms with Crippen LogP contribution in [0.1, 0.15) is 48.3 Å². The lowest BCUT2D eigenvalue weighted by Crippen LogP contribution is -2.30. The predicted octanol–water partition coefficient (Wildman–Crippen LogP) is 1.56. The molecule has 1 aromatic carbocycles. The summed E-state index contributed by atoms with van der Waals surface area (Å²) in [5.41, 5.74) is 0.734. The van der Waals surface area contributed by atoms with Crippen molar-refractivity contribution in [2.24, 2.45) is 0 Å². The highest BCUT2D eigenvalue weighted by Crippen LogP contribution is 2.19. The smallest absolute Gasteiger partial charge is 0.338 e. The van der Waals surface area contributed by atoms with Crippen LogP contribution in [0.25, 0.3) is 10.9 Å². The van der Waals surface area contributed by atoms with Crippen LogP contribution >= 0.6 is 0 Å². The summed E-state index contributed by atoms with van der Waals surface area (Å²) in [6, 6.07) is 4.97. The Morgan fingerprint density at radius 1 is 1.23 bits per heavy atom. The van der Waals surface area contributed by atoms with E-state index in [0.29, 0.717) is 23.0 Å². The van der Waals surface area contributed by atoms with Crippen LogP contribution in [0.15, 0.2) is 23.0 Å². The maximum Gasteiger partial charge on any atom is 0.338 e. The number of carbonyl (C=O) groups is 2. The van der Waals surface area contributed by atoms with Crippen molar-refractivity contribution in [2.45, 2.75) is 51.1 Å². The third-order valence-electron chi connectivity index (χ3n) is 4.83. The van der Waals surface area contributed by atoms with Crippen molar-refractivity contribution in [1.29, 1.82) is 0 Å². The molecule has 7 heteroatoms. The molecule has 1 aliphatic heterocycles. The van der Waals surface area contributed by atoms with Crippen molar-refractivity contribution in [1.82, 2.24) is 14.9 Å². The van der Waals surface area contributed by atoms with E-state index in [1.54, 1.807) is 22.8 Å². The SMILES string of the molecule is O=C(COC(=O)c1ccc2c(=O)n3c(nc2c1)CCCCC3)NC1CC1. The highest BCUT2D eigenvalue weighted by Gasteiger charge is 2.24. The van der Waals surface area contributed by atoms with Gasteiger partial charge in [0.1, 0.15) is 5.82 Å². The van der Waals surface area contributed by atoms with E-state index in [1.165, 1.54) is 0 Å². The molecular weight excluding hydrogens is 334 g/mol. The van der Waals surface area contributed by atoms with Gasteiger partial charge in [-0.05, 0) is 43.9 Å². The van der Waals surface area contributed by atoms with Crippen molar-refractivity contribution in [3.8, 4) is 0 Å². The number of ether oxygens (including phenoxy) is 1. The van der Waals surface area contributed by atoms with Crippen molar-refractivity contribution in [3.63, 3.8) is 0 Å². The number of aromatic nitrogens is 2. The van der Waals surface area contributed by atoms with E-state index in [1.807, 2.05) is 0 Å². The Morgan fingerprint density at radius 3 is 2.88 bits per heavy atom. The van der Waals surface area contributed by atoms with Gasteiger partial charge in [-0.1, -0.05) is 6.42 Å². The number of nitrogens with zero attached hydrogens (tertiary/aromatic N) is 2. The number of fused-ring (bicyclic) bond motifs is 2. The molecule has 7 nitrogen and oxygen atoms in total. The van der Waals surface area contributed by atoms with Gasteiger partial charge in [0.05, 0.1) is 16.5 Å². The fourth-order valence-electron chi connectivity index (χ4n) is 3.26. The summed E-state index contributed by atoms with van der Waals surface area (Å²) < 4.78 is 6.81. The molecule has 4 rings (SSSR count). The molecule has 1 fully saturated rings. The highest BCUT2D eigenvalue weighted by atomic mass is 16.5. The number of aryl methyl sites for hydroxylation is 1. The molecule has 2 heterocycles. The zero-order chi connectivity index (χ0) is 18.1. The van der Waals surface area contributed by atoms with Crippen LogP contribution < -0.4 is 10.9 Å². The van der Waals surface area contributed by atoms with Crippen LogP contribution in [0.4, 0.5) is 0 Å². The standard InChI is InChI=1S/C19H21N3O4/c23-17(20-13-6-7-13)11-26-19(25)12-5-8-14-15(10-12)21-16-4-2-1-3-9-22(16)18(14)24/h5,8,10,13H,1-4,6-7,9,11H2,(H,20,23).